The first kappa shape index (κ1) is 13.6. The zero-order valence-corrected chi connectivity index (χ0v) is 12.4. The maximum absolute atomic E-state index is 5.62. The van der Waals surface area contributed by atoms with Crippen LogP contribution in [0.2, 0.25) is 0 Å². The number of hydrogen-bond acceptors (Lipinski definition) is 5. The highest BCUT2D eigenvalue weighted by molar-refractivity contribution is 7.99. The van der Waals surface area contributed by atoms with Gasteiger partial charge in [-0.25, -0.2) is 4.98 Å². The number of aromatic nitrogens is 2. The molecule has 3 rings (SSSR count). The molecule has 1 aromatic heterocycles. The van der Waals surface area contributed by atoms with Crippen LogP contribution in [0, 0.1) is 0 Å². The molecule has 2 N–H and O–H groups in total. The first-order chi connectivity index (χ1) is 9.79. The summed E-state index contributed by atoms with van der Waals surface area (Å²) in [5.41, 5.74) is 7.55. The molecule has 108 valence electrons. The maximum Gasteiger partial charge on any atom is 0.168 e. The van der Waals surface area contributed by atoms with Gasteiger partial charge in [0.05, 0.1) is 11.0 Å². The number of imidazole rings is 1. The summed E-state index contributed by atoms with van der Waals surface area (Å²) in [5, 5.41) is 1.03. The van der Waals surface area contributed by atoms with Gasteiger partial charge >= 0.3 is 0 Å². The minimum absolute atomic E-state index is 0.603. The van der Waals surface area contributed by atoms with Gasteiger partial charge in [-0.3, -0.25) is 0 Å². The van der Waals surface area contributed by atoms with Crippen molar-refractivity contribution in [1.29, 1.82) is 0 Å². The smallest absolute Gasteiger partial charge is 0.168 e. The molecule has 0 amide bonds. The second kappa shape index (κ2) is 5.93. The Kier molecular flexibility index (Phi) is 4.03. The third-order valence-corrected chi connectivity index (χ3v) is 4.45. The first-order valence-electron chi connectivity index (χ1n) is 6.88. The lowest BCUT2D eigenvalue weighted by molar-refractivity contribution is 0.172. The Balaban J connectivity index is 1.85. The summed E-state index contributed by atoms with van der Waals surface area (Å²) in [6.45, 7) is 1.97. The van der Waals surface area contributed by atoms with E-state index in [9.17, 15) is 0 Å². The molecular formula is C14H19N3O2S. The number of fused-ring (bicyclic) bond motifs is 2. The van der Waals surface area contributed by atoms with Gasteiger partial charge in [0.1, 0.15) is 13.2 Å². The van der Waals surface area contributed by atoms with E-state index < -0.39 is 0 Å². The minimum atomic E-state index is 0.603. The van der Waals surface area contributed by atoms with Crippen LogP contribution in [0.5, 0.6) is 11.5 Å². The number of nitrogens with zero attached hydrogens (tertiary/aromatic N) is 2. The second-order valence-corrected chi connectivity index (χ2v) is 5.84. The van der Waals surface area contributed by atoms with Gasteiger partial charge in [-0.2, -0.15) is 0 Å². The molecule has 0 fully saturated rings. The molecule has 0 spiro atoms. The SMILES string of the molecule is Cn1c(SCCCCN)nc2cc3c(cc21)OCCO3. The number of unbranched alkanes of at least 4 members (excludes halogenated alkanes) is 1. The zero-order chi connectivity index (χ0) is 13.9. The number of nitrogens with two attached hydrogens (primary N) is 1. The van der Waals surface area contributed by atoms with Crippen molar-refractivity contribution in [2.75, 3.05) is 25.5 Å². The summed E-state index contributed by atoms with van der Waals surface area (Å²) in [5.74, 6) is 2.65. The fourth-order valence-electron chi connectivity index (χ4n) is 2.25. The fraction of sp³-hybridized carbons (Fsp3) is 0.500. The lowest BCUT2D eigenvalue weighted by Gasteiger charge is -2.18. The molecule has 0 radical (unpaired) electrons. The van der Waals surface area contributed by atoms with Crippen molar-refractivity contribution in [3.05, 3.63) is 12.1 Å². The van der Waals surface area contributed by atoms with E-state index in [4.69, 9.17) is 15.2 Å². The summed E-state index contributed by atoms with van der Waals surface area (Å²) < 4.78 is 13.3. The largest absolute Gasteiger partial charge is 0.486 e. The van der Waals surface area contributed by atoms with Crippen molar-refractivity contribution < 1.29 is 9.47 Å². The van der Waals surface area contributed by atoms with Crippen molar-refractivity contribution in [1.82, 2.24) is 9.55 Å². The van der Waals surface area contributed by atoms with Crippen LogP contribution in [0.25, 0.3) is 11.0 Å². The summed E-state index contributed by atoms with van der Waals surface area (Å²) >= 11 is 1.77. The molecule has 0 bridgehead atoms. The van der Waals surface area contributed by atoms with E-state index in [1.807, 2.05) is 19.2 Å². The maximum atomic E-state index is 5.62. The van der Waals surface area contributed by atoms with Crippen LogP contribution < -0.4 is 15.2 Å². The van der Waals surface area contributed by atoms with Gasteiger partial charge in [-0.15, -0.1) is 0 Å². The zero-order valence-electron chi connectivity index (χ0n) is 11.6. The third kappa shape index (κ3) is 2.58. The number of rotatable bonds is 5. The van der Waals surface area contributed by atoms with Crippen molar-refractivity contribution in [2.45, 2.75) is 18.0 Å². The molecule has 1 aliphatic rings. The van der Waals surface area contributed by atoms with Crippen LogP contribution in [0.1, 0.15) is 12.8 Å². The fourth-order valence-corrected chi connectivity index (χ4v) is 3.23. The van der Waals surface area contributed by atoms with Gasteiger partial charge in [0, 0.05) is 24.9 Å². The predicted octanol–water partition coefficient (Wildman–Crippen LogP) is 2.18. The van der Waals surface area contributed by atoms with Crippen LogP contribution in [0.3, 0.4) is 0 Å². The van der Waals surface area contributed by atoms with Crippen molar-refractivity contribution in [3.8, 4) is 11.5 Å². The Bertz CT molecular complexity index is 612. The Hall–Kier alpha value is -1.40. The monoisotopic (exact) mass is 293 g/mol. The lowest BCUT2D eigenvalue weighted by Crippen LogP contribution is -2.15. The predicted molar refractivity (Wildman–Crippen MR) is 80.7 cm³/mol. The van der Waals surface area contributed by atoms with E-state index in [1.165, 1.54) is 0 Å². The number of aryl methyl sites for hydroxylation is 1. The summed E-state index contributed by atoms with van der Waals surface area (Å²) in [7, 11) is 2.04. The van der Waals surface area contributed by atoms with Crippen molar-refractivity contribution in [3.63, 3.8) is 0 Å². The summed E-state index contributed by atoms with van der Waals surface area (Å²) in [6, 6.07) is 3.98. The van der Waals surface area contributed by atoms with Gasteiger partial charge < -0.3 is 19.8 Å². The van der Waals surface area contributed by atoms with Gasteiger partial charge in [-0.05, 0) is 19.4 Å². The lowest BCUT2D eigenvalue weighted by atomic mass is 10.2. The quantitative estimate of drug-likeness (QED) is 0.676. The van der Waals surface area contributed by atoms with E-state index in [0.29, 0.717) is 13.2 Å². The standard InChI is InChI=1S/C14H19N3O2S/c1-17-11-9-13-12(18-5-6-19-13)8-10(11)16-14(17)20-7-3-2-4-15/h8-9H,2-7,15H2,1H3. The summed E-state index contributed by atoms with van der Waals surface area (Å²) in [4.78, 5) is 4.68. The van der Waals surface area contributed by atoms with Gasteiger partial charge in [0.25, 0.3) is 0 Å². The molecule has 1 aromatic carbocycles. The minimum Gasteiger partial charge on any atom is -0.486 e. The van der Waals surface area contributed by atoms with Crippen LogP contribution in [-0.2, 0) is 7.05 Å². The second-order valence-electron chi connectivity index (χ2n) is 4.78. The van der Waals surface area contributed by atoms with Crippen LogP contribution in [0.4, 0.5) is 0 Å². The van der Waals surface area contributed by atoms with Crippen LogP contribution in [0.15, 0.2) is 17.3 Å². The Morgan fingerprint density at radius 3 is 2.75 bits per heavy atom. The van der Waals surface area contributed by atoms with E-state index in [1.54, 1.807) is 11.8 Å². The van der Waals surface area contributed by atoms with E-state index in [-0.39, 0.29) is 0 Å². The molecule has 0 aliphatic carbocycles. The molecule has 0 saturated carbocycles. The van der Waals surface area contributed by atoms with Gasteiger partial charge in [0.15, 0.2) is 16.7 Å². The van der Waals surface area contributed by atoms with Crippen molar-refractivity contribution >= 4 is 22.8 Å². The third-order valence-electron chi connectivity index (χ3n) is 3.33. The van der Waals surface area contributed by atoms with E-state index >= 15 is 0 Å². The molecule has 6 heteroatoms. The number of benzene rings is 1. The Morgan fingerprint density at radius 1 is 1.25 bits per heavy atom. The van der Waals surface area contributed by atoms with E-state index in [2.05, 4.69) is 9.55 Å². The number of ether oxygens (including phenoxy) is 2. The van der Waals surface area contributed by atoms with Gasteiger partial charge in [0.2, 0.25) is 0 Å². The molecule has 2 aromatic rings. The van der Waals surface area contributed by atoms with Crippen LogP contribution in [-0.4, -0.2) is 35.1 Å². The van der Waals surface area contributed by atoms with Gasteiger partial charge in [-0.1, -0.05) is 11.8 Å². The Labute approximate surface area is 122 Å². The molecular weight excluding hydrogens is 274 g/mol. The molecule has 1 aliphatic heterocycles. The van der Waals surface area contributed by atoms with E-state index in [0.717, 1.165) is 52.8 Å². The average Bonchev–Trinajstić information content (AvgIpc) is 2.77. The van der Waals surface area contributed by atoms with Crippen molar-refractivity contribution in [2.24, 2.45) is 12.8 Å². The highest BCUT2D eigenvalue weighted by Gasteiger charge is 2.16. The number of hydrogen-bond donors (Lipinski definition) is 1. The highest BCUT2D eigenvalue weighted by Crippen LogP contribution is 2.35. The normalized spacial score (nSPS) is 13.9. The Morgan fingerprint density at radius 2 is 2.00 bits per heavy atom. The molecule has 0 atom stereocenters. The molecule has 2 heterocycles. The molecule has 0 unspecified atom stereocenters. The molecule has 5 nitrogen and oxygen atoms in total. The average molecular weight is 293 g/mol. The number of thioether (sulfide) groups is 1. The highest BCUT2D eigenvalue weighted by atomic mass is 32.2. The topological polar surface area (TPSA) is 62.3 Å². The molecule has 20 heavy (non-hydrogen) atoms. The molecule has 0 saturated heterocycles. The summed E-state index contributed by atoms with van der Waals surface area (Å²) in [6.07, 6.45) is 2.18. The van der Waals surface area contributed by atoms with Crippen LogP contribution >= 0.6 is 11.8 Å². The first-order valence-corrected chi connectivity index (χ1v) is 7.87.